The van der Waals surface area contributed by atoms with Gasteiger partial charge in [0.15, 0.2) is 0 Å². The number of hydrogen-bond donors (Lipinski definition) is 2. The summed E-state index contributed by atoms with van der Waals surface area (Å²) in [6.07, 6.45) is 4.05. The SMILES string of the molecule is Cc1nn(-c2ccc(Cl)cc2)cc1C(=O)NCC1CCCN1.Cl. The molecule has 1 aromatic carbocycles. The van der Waals surface area contributed by atoms with Crippen LogP contribution in [0.3, 0.4) is 0 Å². The van der Waals surface area contributed by atoms with E-state index < -0.39 is 0 Å². The number of amides is 1. The second kappa shape index (κ2) is 7.81. The highest BCUT2D eigenvalue weighted by atomic mass is 35.5. The Kier molecular flexibility index (Phi) is 6.04. The van der Waals surface area contributed by atoms with E-state index in [1.165, 1.54) is 6.42 Å². The number of halogens is 2. The zero-order chi connectivity index (χ0) is 15.5. The molecule has 3 rings (SSSR count). The summed E-state index contributed by atoms with van der Waals surface area (Å²) in [5.74, 6) is -0.0774. The van der Waals surface area contributed by atoms with Crippen LogP contribution >= 0.6 is 24.0 Å². The Labute approximate surface area is 146 Å². The molecule has 2 heterocycles. The van der Waals surface area contributed by atoms with Crippen molar-refractivity contribution in [2.24, 2.45) is 0 Å². The molecule has 124 valence electrons. The lowest BCUT2D eigenvalue weighted by Crippen LogP contribution is -2.37. The van der Waals surface area contributed by atoms with Gasteiger partial charge in [0.05, 0.1) is 16.9 Å². The molecule has 1 fully saturated rings. The summed E-state index contributed by atoms with van der Waals surface area (Å²) in [6.45, 7) is 3.54. The van der Waals surface area contributed by atoms with Gasteiger partial charge in [-0.25, -0.2) is 4.68 Å². The number of carbonyl (C=O) groups is 1. The first-order chi connectivity index (χ1) is 10.6. The van der Waals surface area contributed by atoms with Gasteiger partial charge in [-0.3, -0.25) is 4.79 Å². The minimum atomic E-state index is -0.0774. The quantitative estimate of drug-likeness (QED) is 0.887. The highest BCUT2D eigenvalue weighted by molar-refractivity contribution is 6.30. The zero-order valence-electron chi connectivity index (χ0n) is 12.9. The maximum atomic E-state index is 12.3. The first-order valence-corrected chi connectivity index (χ1v) is 7.85. The lowest BCUT2D eigenvalue weighted by molar-refractivity contribution is 0.0949. The van der Waals surface area contributed by atoms with E-state index in [9.17, 15) is 4.79 Å². The predicted molar refractivity (Wildman–Crippen MR) is 93.9 cm³/mol. The number of rotatable bonds is 4. The average molecular weight is 355 g/mol. The van der Waals surface area contributed by atoms with Gasteiger partial charge in [-0.1, -0.05) is 11.6 Å². The molecule has 7 heteroatoms. The smallest absolute Gasteiger partial charge is 0.254 e. The number of aromatic nitrogens is 2. The van der Waals surface area contributed by atoms with Gasteiger partial charge in [-0.05, 0) is 50.6 Å². The summed E-state index contributed by atoms with van der Waals surface area (Å²) in [7, 11) is 0. The van der Waals surface area contributed by atoms with Gasteiger partial charge in [0, 0.05) is 23.8 Å². The van der Waals surface area contributed by atoms with E-state index in [2.05, 4.69) is 15.7 Å². The molecule has 2 N–H and O–H groups in total. The van der Waals surface area contributed by atoms with Crippen molar-refractivity contribution in [3.63, 3.8) is 0 Å². The maximum Gasteiger partial charge on any atom is 0.254 e. The van der Waals surface area contributed by atoms with E-state index in [4.69, 9.17) is 11.6 Å². The minimum absolute atomic E-state index is 0. The fourth-order valence-electron chi connectivity index (χ4n) is 2.65. The topological polar surface area (TPSA) is 59.0 Å². The third-order valence-electron chi connectivity index (χ3n) is 3.91. The Hall–Kier alpha value is -1.56. The molecule has 2 aromatic rings. The zero-order valence-corrected chi connectivity index (χ0v) is 14.5. The van der Waals surface area contributed by atoms with Crippen molar-refractivity contribution in [2.75, 3.05) is 13.1 Å². The molecule has 5 nitrogen and oxygen atoms in total. The van der Waals surface area contributed by atoms with Crippen LogP contribution in [0.25, 0.3) is 5.69 Å². The van der Waals surface area contributed by atoms with E-state index in [-0.39, 0.29) is 18.3 Å². The molecular formula is C16H20Cl2N4O. The van der Waals surface area contributed by atoms with Crippen LogP contribution in [-0.4, -0.2) is 34.8 Å². The predicted octanol–water partition coefficient (Wildman–Crippen LogP) is 2.74. The lowest BCUT2D eigenvalue weighted by Gasteiger charge is -2.10. The van der Waals surface area contributed by atoms with Gasteiger partial charge in [0.1, 0.15) is 0 Å². The van der Waals surface area contributed by atoms with Gasteiger partial charge in [0.2, 0.25) is 0 Å². The third-order valence-corrected chi connectivity index (χ3v) is 4.16. The molecule has 23 heavy (non-hydrogen) atoms. The second-order valence-corrected chi connectivity index (χ2v) is 5.99. The molecule has 0 saturated carbocycles. The van der Waals surface area contributed by atoms with Crippen molar-refractivity contribution >= 4 is 29.9 Å². The van der Waals surface area contributed by atoms with Crippen LogP contribution < -0.4 is 10.6 Å². The number of carbonyl (C=O) groups excluding carboxylic acids is 1. The number of nitrogens with zero attached hydrogens (tertiary/aromatic N) is 2. The van der Waals surface area contributed by atoms with Crippen molar-refractivity contribution in [3.05, 3.63) is 46.7 Å². The minimum Gasteiger partial charge on any atom is -0.350 e. The highest BCUT2D eigenvalue weighted by Gasteiger charge is 2.18. The van der Waals surface area contributed by atoms with Crippen LogP contribution in [0.1, 0.15) is 28.9 Å². The Bertz CT molecular complexity index is 663. The molecule has 0 spiro atoms. The normalized spacial score (nSPS) is 16.9. The van der Waals surface area contributed by atoms with E-state index in [1.54, 1.807) is 23.0 Å². The monoisotopic (exact) mass is 354 g/mol. The Morgan fingerprint density at radius 2 is 2.17 bits per heavy atom. The second-order valence-electron chi connectivity index (χ2n) is 5.55. The molecule has 1 saturated heterocycles. The maximum absolute atomic E-state index is 12.3. The Balaban J connectivity index is 0.00000192. The van der Waals surface area contributed by atoms with Crippen molar-refractivity contribution in [3.8, 4) is 5.69 Å². The molecule has 0 bridgehead atoms. The number of aryl methyl sites for hydroxylation is 1. The molecule has 1 aliphatic heterocycles. The lowest BCUT2D eigenvalue weighted by atomic mass is 10.2. The highest BCUT2D eigenvalue weighted by Crippen LogP contribution is 2.15. The molecule has 1 amide bonds. The molecule has 0 radical (unpaired) electrons. The number of nitrogens with one attached hydrogen (secondary N) is 2. The first kappa shape index (κ1) is 17.8. The van der Waals surface area contributed by atoms with E-state index >= 15 is 0 Å². The van der Waals surface area contributed by atoms with Crippen molar-refractivity contribution < 1.29 is 4.79 Å². The summed E-state index contributed by atoms with van der Waals surface area (Å²) in [5, 5.41) is 11.4. The fraction of sp³-hybridized carbons (Fsp3) is 0.375. The van der Waals surface area contributed by atoms with Gasteiger partial charge in [0.25, 0.3) is 5.91 Å². The van der Waals surface area contributed by atoms with E-state index in [1.807, 2.05) is 19.1 Å². The summed E-state index contributed by atoms with van der Waals surface area (Å²) in [6, 6.07) is 7.74. The van der Waals surface area contributed by atoms with E-state index in [0.29, 0.717) is 28.9 Å². The van der Waals surface area contributed by atoms with Crippen molar-refractivity contribution in [1.29, 1.82) is 0 Å². The molecule has 1 aliphatic rings. The van der Waals surface area contributed by atoms with Crippen LogP contribution in [0.4, 0.5) is 0 Å². The van der Waals surface area contributed by atoms with Crippen LogP contribution in [-0.2, 0) is 0 Å². The molecule has 0 aliphatic carbocycles. The van der Waals surface area contributed by atoms with Gasteiger partial charge in [-0.2, -0.15) is 5.10 Å². The van der Waals surface area contributed by atoms with Crippen LogP contribution in [0, 0.1) is 6.92 Å². The molecule has 1 aromatic heterocycles. The summed E-state index contributed by atoms with van der Waals surface area (Å²) < 4.78 is 1.70. The average Bonchev–Trinajstić information content (AvgIpc) is 3.15. The third kappa shape index (κ3) is 4.25. The standard InChI is InChI=1S/C16H19ClN4O.ClH/c1-11-15(16(22)19-9-13-3-2-8-18-13)10-21(20-11)14-6-4-12(17)5-7-14;/h4-7,10,13,18H,2-3,8-9H2,1H3,(H,19,22);1H. The first-order valence-electron chi connectivity index (χ1n) is 7.47. The van der Waals surface area contributed by atoms with Crippen LogP contribution in [0.15, 0.2) is 30.5 Å². The molecule has 1 atom stereocenters. The molecule has 1 unspecified atom stereocenters. The van der Waals surface area contributed by atoms with Crippen molar-refractivity contribution in [2.45, 2.75) is 25.8 Å². The Morgan fingerprint density at radius 3 is 2.83 bits per heavy atom. The Morgan fingerprint density at radius 1 is 1.43 bits per heavy atom. The largest absolute Gasteiger partial charge is 0.350 e. The number of hydrogen-bond acceptors (Lipinski definition) is 3. The van der Waals surface area contributed by atoms with Crippen LogP contribution in [0.5, 0.6) is 0 Å². The van der Waals surface area contributed by atoms with Gasteiger partial charge < -0.3 is 10.6 Å². The summed E-state index contributed by atoms with van der Waals surface area (Å²) in [4.78, 5) is 12.3. The van der Waals surface area contributed by atoms with Crippen LogP contribution in [0.2, 0.25) is 5.02 Å². The van der Waals surface area contributed by atoms with E-state index in [0.717, 1.165) is 18.7 Å². The fourth-order valence-corrected chi connectivity index (χ4v) is 2.78. The van der Waals surface area contributed by atoms with Crippen molar-refractivity contribution in [1.82, 2.24) is 20.4 Å². The van der Waals surface area contributed by atoms with Gasteiger partial charge >= 0.3 is 0 Å². The summed E-state index contributed by atoms with van der Waals surface area (Å²) in [5.41, 5.74) is 2.20. The molecular weight excluding hydrogens is 335 g/mol. The number of benzene rings is 1. The summed E-state index contributed by atoms with van der Waals surface area (Å²) >= 11 is 5.89. The van der Waals surface area contributed by atoms with Gasteiger partial charge in [-0.15, -0.1) is 12.4 Å².